The molecule has 128 valence electrons. The summed E-state index contributed by atoms with van der Waals surface area (Å²) in [7, 11) is 0. The van der Waals surface area contributed by atoms with Crippen molar-refractivity contribution in [3.63, 3.8) is 0 Å². The third-order valence-corrected chi connectivity index (χ3v) is 5.33. The largest absolute Gasteiger partial charge is 0.417 e. The molecular formula is C18H23F3O2. The molecule has 0 spiro atoms. The van der Waals surface area contributed by atoms with Crippen LogP contribution in [0.3, 0.4) is 0 Å². The molecule has 1 saturated carbocycles. The lowest BCUT2D eigenvalue weighted by Gasteiger charge is -2.49. The van der Waals surface area contributed by atoms with Crippen molar-refractivity contribution < 1.29 is 22.6 Å². The van der Waals surface area contributed by atoms with Gasteiger partial charge in [-0.1, -0.05) is 37.3 Å². The van der Waals surface area contributed by atoms with Gasteiger partial charge in [0.05, 0.1) is 6.61 Å². The summed E-state index contributed by atoms with van der Waals surface area (Å²) in [5.41, 5.74) is -1.28. The molecule has 0 unspecified atom stereocenters. The van der Waals surface area contributed by atoms with E-state index in [1.54, 1.807) is 0 Å². The Morgan fingerprint density at radius 3 is 2.26 bits per heavy atom. The highest BCUT2D eigenvalue weighted by atomic mass is 19.4. The predicted octanol–water partition coefficient (Wildman–Crippen LogP) is 4.48. The number of hydrogen-bond acceptors (Lipinski definition) is 2. The van der Waals surface area contributed by atoms with Crippen molar-refractivity contribution >= 4 is 0 Å². The van der Waals surface area contributed by atoms with Gasteiger partial charge in [-0.2, -0.15) is 13.2 Å². The van der Waals surface area contributed by atoms with E-state index in [-0.39, 0.29) is 30.8 Å². The zero-order valence-corrected chi connectivity index (χ0v) is 13.4. The van der Waals surface area contributed by atoms with Crippen LogP contribution in [-0.4, -0.2) is 31.6 Å². The summed E-state index contributed by atoms with van der Waals surface area (Å²) < 4.78 is 51.4. The molecule has 23 heavy (non-hydrogen) atoms. The van der Waals surface area contributed by atoms with E-state index >= 15 is 0 Å². The molecule has 0 bridgehead atoms. The van der Waals surface area contributed by atoms with Crippen LogP contribution in [0.15, 0.2) is 30.3 Å². The Morgan fingerprint density at radius 1 is 1.13 bits per heavy atom. The lowest BCUT2D eigenvalue weighted by Crippen LogP contribution is -2.58. The van der Waals surface area contributed by atoms with Crippen LogP contribution >= 0.6 is 0 Å². The fraction of sp³-hybridized carbons (Fsp3) is 0.667. The summed E-state index contributed by atoms with van der Waals surface area (Å²) in [6, 6.07) is 9.74. The van der Waals surface area contributed by atoms with Gasteiger partial charge in [-0.3, -0.25) is 0 Å². The second-order valence-electron chi connectivity index (χ2n) is 7.05. The smallest absolute Gasteiger partial charge is 0.381 e. The van der Waals surface area contributed by atoms with Crippen LogP contribution in [0, 0.1) is 5.92 Å². The summed E-state index contributed by atoms with van der Waals surface area (Å²) in [6.45, 7) is 3.07. The minimum Gasteiger partial charge on any atom is -0.381 e. The van der Waals surface area contributed by atoms with E-state index in [1.165, 1.54) is 0 Å². The van der Waals surface area contributed by atoms with Gasteiger partial charge in [0.15, 0.2) is 5.60 Å². The van der Waals surface area contributed by atoms with Gasteiger partial charge in [0, 0.05) is 18.6 Å². The summed E-state index contributed by atoms with van der Waals surface area (Å²) in [5, 5.41) is 0. The maximum Gasteiger partial charge on any atom is 0.417 e. The molecule has 0 amide bonds. The van der Waals surface area contributed by atoms with Gasteiger partial charge in [0.1, 0.15) is 0 Å². The molecule has 1 aliphatic carbocycles. The highest BCUT2D eigenvalue weighted by Gasteiger charge is 2.62. The van der Waals surface area contributed by atoms with Crippen molar-refractivity contribution in [2.45, 2.75) is 49.8 Å². The topological polar surface area (TPSA) is 18.5 Å². The average Bonchev–Trinajstić information content (AvgIpc) is 2.51. The third-order valence-electron chi connectivity index (χ3n) is 5.33. The highest BCUT2D eigenvalue weighted by Crippen LogP contribution is 2.52. The Labute approximate surface area is 135 Å². The molecule has 1 aliphatic heterocycles. The Kier molecular flexibility index (Phi) is 4.45. The molecule has 1 aromatic rings. The van der Waals surface area contributed by atoms with E-state index in [9.17, 15) is 13.2 Å². The van der Waals surface area contributed by atoms with E-state index in [4.69, 9.17) is 9.47 Å². The van der Waals surface area contributed by atoms with Gasteiger partial charge in [0.2, 0.25) is 0 Å². The zero-order chi connectivity index (χ0) is 16.6. The van der Waals surface area contributed by atoms with Gasteiger partial charge >= 0.3 is 6.18 Å². The van der Waals surface area contributed by atoms with Gasteiger partial charge in [0.25, 0.3) is 0 Å². The standard InChI is InChI=1S/C18H23F3O2/c1-14-11-17(12-14,18(19,20)21)23-13-16(7-9-22-10-8-16)15-5-3-2-4-6-15/h2-6,14H,7-13H2,1H3/t14-,17-. The van der Waals surface area contributed by atoms with E-state index in [1.807, 2.05) is 37.3 Å². The molecule has 5 heteroatoms. The van der Waals surface area contributed by atoms with Crippen molar-refractivity contribution in [3.8, 4) is 0 Å². The summed E-state index contributed by atoms with van der Waals surface area (Å²) in [4.78, 5) is 0. The van der Waals surface area contributed by atoms with Crippen LogP contribution < -0.4 is 0 Å². The zero-order valence-electron chi connectivity index (χ0n) is 13.4. The maximum absolute atomic E-state index is 13.5. The molecule has 1 saturated heterocycles. The first kappa shape index (κ1) is 16.8. The van der Waals surface area contributed by atoms with Gasteiger partial charge < -0.3 is 9.47 Å². The van der Waals surface area contributed by atoms with Crippen LogP contribution in [0.25, 0.3) is 0 Å². The maximum atomic E-state index is 13.5. The lowest BCUT2D eigenvalue weighted by atomic mass is 9.70. The first-order chi connectivity index (χ1) is 10.9. The highest BCUT2D eigenvalue weighted by molar-refractivity contribution is 5.26. The van der Waals surface area contributed by atoms with Crippen LogP contribution in [0.2, 0.25) is 0 Å². The van der Waals surface area contributed by atoms with Crippen molar-refractivity contribution in [3.05, 3.63) is 35.9 Å². The van der Waals surface area contributed by atoms with Crippen molar-refractivity contribution in [1.82, 2.24) is 0 Å². The first-order valence-corrected chi connectivity index (χ1v) is 8.21. The normalized spacial score (nSPS) is 30.7. The summed E-state index contributed by atoms with van der Waals surface area (Å²) in [6.07, 6.45) is -2.78. The quantitative estimate of drug-likeness (QED) is 0.811. The first-order valence-electron chi connectivity index (χ1n) is 8.21. The van der Waals surface area contributed by atoms with Crippen LogP contribution in [-0.2, 0) is 14.9 Å². The second kappa shape index (κ2) is 6.10. The van der Waals surface area contributed by atoms with E-state index in [0.717, 1.165) is 5.56 Å². The fourth-order valence-corrected chi connectivity index (χ4v) is 3.84. The van der Waals surface area contributed by atoms with Crippen molar-refractivity contribution in [2.75, 3.05) is 19.8 Å². The number of rotatable bonds is 4. The van der Waals surface area contributed by atoms with E-state index < -0.39 is 11.8 Å². The molecule has 1 heterocycles. The monoisotopic (exact) mass is 328 g/mol. The van der Waals surface area contributed by atoms with E-state index in [0.29, 0.717) is 26.1 Å². The molecule has 2 fully saturated rings. The Balaban J connectivity index is 1.80. The SMILES string of the molecule is C[C@H]1C[C@@](OCC2(c3ccccc3)CCOCC2)(C(F)(F)F)C1. The lowest BCUT2D eigenvalue weighted by molar-refractivity contribution is -0.319. The van der Waals surface area contributed by atoms with Gasteiger partial charge in [-0.15, -0.1) is 0 Å². The number of hydrogen-bond donors (Lipinski definition) is 0. The van der Waals surface area contributed by atoms with Crippen LogP contribution in [0.4, 0.5) is 13.2 Å². The van der Waals surface area contributed by atoms with Gasteiger partial charge in [-0.05, 0) is 37.2 Å². The third kappa shape index (κ3) is 3.13. The summed E-state index contributed by atoms with van der Waals surface area (Å²) >= 11 is 0. The molecule has 3 rings (SSSR count). The second-order valence-corrected chi connectivity index (χ2v) is 7.05. The fourth-order valence-electron chi connectivity index (χ4n) is 3.84. The molecule has 0 aromatic heterocycles. The Hall–Kier alpha value is -1.07. The minimum absolute atomic E-state index is 0.0673. The predicted molar refractivity (Wildman–Crippen MR) is 81.3 cm³/mol. The number of halogens is 3. The number of ether oxygens (including phenoxy) is 2. The van der Waals surface area contributed by atoms with Crippen LogP contribution in [0.5, 0.6) is 0 Å². The molecule has 0 atom stereocenters. The number of alkyl halides is 3. The van der Waals surface area contributed by atoms with Crippen LogP contribution in [0.1, 0.15) is 38.2 Å². The van der Waals surface area contributed by atoms with Crippen molar-refractivity contribution in [1.29, 1.82) is 0 Å². The Morgan fingerprint density at radius 2 is 1.74 bits per heavy atom. The molecule has 2 nitrogen and oxygen atoms in total. The Bertz CT molecular complexity index is 515. The molecule has 0 radical (unpaired) electrons. The number of benzene rings is 1. The minimum atomic E-state index is -4.30. The molecule has 2 aliphatic rings. The molecule has 1 aromatic carbocycles. The molecule has 0 N–H and O–H groups in total. The van der Waals surface area contributed by atoms with Crippen molar-refractivity contribution in [2.24, 2.45) is 5.92 Å². The van der Waals surface area contributed by atoms with E-state index in [2.05, 4.69) is 0 Å². The summed E-state index contributed by atoms with van der Waals surface area (Å²) in [5.74, 6) is 0.0685. The van der Waals surface area contributed by atoms with Gasteiger partial charge in [-0.25, -0.2) is 0 Å². The molecular weight excluding hydrogens is 305 g/mol. The average molecular weight is 328 g/mol.